The summed E-state index contributed by atoms with van der Waals surface area (Å²) in [5.74, 6) is 1.39. The zero-order valence-electron chi connectivity index (χ0n) is 14.9. The normalized spacial score (nSPS) is 24.2. The van der Waals surface area contributed by atoms with Crippen molar-refractivity contribution in [1.82, 2.24) is 5.32 Å². The second-order valence-corrected chi connectivity index (χ2v) is 6.97. The van der Waals surface area contributed by atoms with Gasteiger partial charge in [0.05, 0.1) is 13.2 Å². The van der Waals surface area contributed by atoms with Crippen LogP contribution >= 0.6 is 0 Å². The number of urea groups is 1. The number of carbonyl (C=O) groups excluding carboxylic acids is 1. The molecule has 2 amide bonds. The zero-order valence-corrected chi connectivity index (χ0v) is 14.9. The highest BCUT2D eigenvalue weighted by atomic mass is 16.5. The van der Waals surface area contributed by atoms with Crippen LogP contribution in [0.2, 0.25) is 0 Å². The molecule has 1 N–H and O–H groups in total. The molecule has 0 aromatic heterocycles. The molecule has 130 valence electrons. The molecule has 5 nitrogen and oxygen atoms in total. The SMILES string of the molecule is COc1cccc2c1O[C@]1(C)C[C@H]2NC(=O)N1c1ccc(C)c(C)c1. The van der Waals surface area contributed by atoms with Gasteiger partial charge in [0, 0.05) is 17.7 Å². The third-order valence-electron chi connectivity index (χ3n) is 5.23. The number of nitrogens with zero attached hydrogens (tertiary/aromatic N) is 1. The summed E-state index contributed by atoms with van der Waals surface area (Å²) in [5, 5.41) is 3.11. The van der Waals surface area contributed by atoms with Crippen LogP contribution in [-0.2, 0) is 0 Å². The van der Waals surface area contributed by atoms with E-state index in [2.05, 4.69) is 12.2 Å². The number of nitrogens with one attached hydrogen (secondary N) is 1. The molecule has 25 heavy (non-hydrogen) atoms. The fourth-order valence-electron chi connectivity index (χ4n) is 3.78. The highest BCUT2D eigenvalue weighted by Crippen LogP contribution is 2.49. The molecule has 2 bridgehead atoms. The number of methoxy groups -OCH3 is 1. The number of ether oxygens (including phenoxy) is 2. The molecule has 0 saturated carbocycles. The number of amides is 2. The number of fused-ring (bicyclic) bond motifs is 4. The van der Waals surface area contributed by atoms with Crippen LogP contribution in [0.25, 0.3) is 0 Å². The molecule has 0 spiro atoms. The quantitative estimate of drug-likeness (QED) is 0.897. The van der Waals surface area contributed by atoms with E-state index >= 15 is 0 Å². The lowest BCUT2D eigenvalue weighted by Crippen LogP contribution is -2.65. The largest absolute Gasteiger partial charge is 0.493 e. The summed E-state index contributed by atoms with van der Waals surface area (Å²) in [7, 11) is 1.63. The number of carbonyl (C=O) groups is 1. The van der Waals surface area contributed by atoms with Crippen LogP contribution in [0.4, 0.5) is 10.5 Å². The Hall–Kier alpha value is -2.69. The maximum Gasteiger partial charge on any atom is 0.325 e. The number of para-hydroxylation sites is 1. The first-order chi connectivity index (χ1) is 11.9. The van der Waals surface area contributed by atoms with Gasteiger partial charge < -0.3 is 14.8 Å². The molecular formula is C20H22N2O3. The van der Waals surface area contributed by atoms with Crippen molar-refractivity contribution in [3.05, 3.63) is 53.1 Å². The lowest BCUT2D eigenvalue weighted by atomic mass is 9.89. The van der Waals surface area contributed by atoms with Gasteiger partial charge in [0.15, 0.2) is 17.2 Å². The monoisotopic (exact) mass is 338 g/mol. The number of aryl methyl sites for hydroxylation is 2. The Bertz CT molecular complexity index is 864. The lowest BCUT2D eigenvalue weighted by molar-refractivity contribution is 0.0349. The van der Waals surface area contributed by atoms with Gasteiger partial charge in [-0.1, -0.05) is 18.2 Å². The average Bonchev–Trinajstić information content (AvgIpc) is 2.57. The molecular weight excluding hydrogens is 316 g/mol. The van der Waals surface area contributed by atoms with Crippen molar-refractivity contribution < 1.29 is 14.3 Å². The smallest absolute Gasteiger partial charge is 0.325 e. The fourth-order valence-corrected chi connectivity index (χ4v) is 3.78. The van der Waals surface area contributed by atoms with Gasteiger partial charge in [-0.05, 0) is 50.1 Å². The second-order valence-electron chi connectivity index (χ2n) is 6.97. The van der Waals surface area contributed by atoms with Crippen molar-refractivity contribution in [2.24, 2.45) is 0 Å². The molecule has 5 heteroatoms. The Morgan fingerprint density at radius 3 is 2.76 bits per heavy atom. The molecule has 0 unspecified atom stereocenters. The van der Waals surface area contributed by atoms with Crippen molar-refractivity contribution in [1.29, 1.82) is 0 Å². The first-order valence-electron chi connectivity index (χ1n) is 8.47. The van der Waals surface area contributed by atoms with Crippen LogP contribution in [-0.4, -0.2) is 18.9 Å². The topological polar surface area (TPSA) is 50.8 Å². The minimum Gasteiger partial charge on any atom is -0.493 e. The van der Waals surface area contributed by atoms with E-state index in [-0.39, 0.29) is 12.1 Å². The minimum atomic E-state index is -0.768. The summed E-state index contributed by atoms with van der Waals surface area (Å²) in [6.07, 6.45) is 0.672. The Kier molecular flexibility index (Phi) is 3.42. The van der Waals surface area contributed by atoms with Gasteiger partial charge in [-0.3, -0.25) is 4.90 Å². The number of rotatable bonds is 2. The molecule has 1 fully saturated rings. The third kappa shape index (κ3) is 2.34. The Balaban J connectivity index is 1.82. The number of anilines is 1. The third-order valence-corrected chi connectivity index (χ3v) is 5.23. The van der Waals surface area contributed by atoms with Gasteiger partial charge in [-0.2, -0.15) is 0 Å². The predicted molar refractivity (Wildman–Crippen MR) is 96.3 cm³/mol. The van der Waals surface area contributed by atoms with E-state index in [1.165, 1.54) is 5.56 Å². The molecule has 2 aromatic carbocycles. The van der Waals surface area contributed by atoms with E-state index in [9.17, 15) is 4.79 Å². The van der Waals surface area contributed by atoms with Crippen molar-refractivity contribution in [3.63, 3.8) is 0 Å². The number of hydrogen-bond acceptors (Lipinski definition) is 3. The van der Waals surface area contributed by atoms with Crippen molar-refractivity contribution in [2.75, 3.05) is 12.0 Å². The Morgan fingerprint density at radius 1 is 1.24 bits per heavy atom. The van der Waals surface area contributed by atoms with Crippen LogP contribution in [0.1, 0.15) is 36.1 Å². The summed E-state index contributed by atoms with van der Waals surface area (Å²) in [4.78, 5) is 14.6. The van der Waals surface area contributed by atoms with E-state index in [0.29, 0.717) is 17.9 Å². The average molecular weight is 338 g/mol. The standard InChI is InChI=1S/C20H22N2O3/c1-12-8-9-14(10-13(12)2)22-19(23)21-16-11-20(22,3)25-18-15(16)6-5-7-17(18)24-4/h5-10,16H,11H2,1-4H3,(H,21,23)/t16-,20-/m1/s1. The summed E-state index contributed by atoms with van der Waals surface area (Å²) in [5.41, 5.74) is 3.37. The summed E-state index contributed by atoms with van der Waals surface area (Å²) < 4.78 is 11.8. The van der Waals surface area contributed by atoms with Crippen LogP contribution in [0.3, 0.4) is 0 Å². The van der Waals surface area contributed by atoms with Crippen LogP contribution in [0.5, 0.6) is 11.5 Å². The van der Waals surface area contributed by atoms with E-state index < -0.39 is 5.72 Å². The maximum atomic E-state index is 12.9. The predicted octanol–water partition coefficient (Wildman–Crippen LogP) is 4.08. The van der Waals surface area contributed by atoms with Gasteiger partial charge in [0.2, 0.25) is 0 Å². The van der Waals surface area contributed by atoms with Gasteiger partial charge in [-0.15, -0.1) is 0 Å². The van der Waals surface area contributed by atoms with Crippen LogP contribution < -0.4 is 19.7 Å². The highest BCUT2D eigenvalue weighted by molar-refractivity contribution is 5.95. The van der Waals surface area contributed by atoms with Crippen molar-refractivity contribution >= 4 is 11.7 Å². The summed E-state index contributed by atoms with van der Waals surface area (Å²) in [6.45, 7) is 6.07. The first-order valence-corrected chi connectivity index (χ1v) is 8.47. The van der Waals surface area contributed by atoms with Crippen molar-refractivity contribution in [3.8, 4) is 11.5 Å². The molecule has 0 radical (unpaired) electrons. The highest BCUT2D eigenvalue weighted by Gasteiger charge is 2.50. The molecule has 1 saturated heterocycles. The fraction of sp³-hybridized carbons (Fsp3) is 0.350. The van der Waals surface area contributed by atoms with Crippen molar-refractivity contribution in [2.45, 2.75) is 39.0 Å². The zero-order chi connectivity index (χ0) is 17.8. The van der Waals surface area contributed by atoms with E-state index in [4.69, 9.17) is 9.47 Å². The van der Waals surface area contributed by atoms with Gasteiger partial charge in [0.1, 0.15) is 0 Å². The lowest BCUT2D eigenvalue weighted by Gasteiger charge is -2.50. The molecule has 0 aliphatic carbocycles. The molecule has 2 atom stereocenters. The van der Waals surface area contributed by atoms with E-state index in [1.807, 2.05) is 50.2 Å². The Morgan fingerprint density at radius 2 is 2.04 bits per heavy atom. The molecule has 2 aromatic rings. The van der Waals surface area contributed by atoms with Crippen LogP contribution in [0.15, 0.2) is 36.4 Å². The summed E-state index contributed by atoms with van der Waals surface area (Å²) >= 11 is 0. The maximum absolute atomic E-state index is 12.9. The Labute approximate surface area is 147 Å². The van der Waals surface area contributed by atoms with E-state index in [1.54, 1.807) is 12.0 Å². The van der Waals surface area contributed by atoms with Gasteiger partial charge in [-0.25, -0.2) is 4.79 Å². The molecule has 2 aliphatic rings. The number of benzene rings is 2. The molecule has 2 heterocycles. The summed E-state index contributed by atoms with van der Waals surface area (Å²) in [6, 6.07) is 11.6. The molecule has 2 aliphatic heterocycles. The second kappa shape index (κ2) is 5.41. The first kappa shape index (κ1) is 15.8. The molecule has 4 rings (SSSR count). The van der Waals surface area contributed by atoms with Gasteiger partial charge in [0.25, 0.3) is 0 Å². The van der Waals surface area contributed by atoms with Gasteiger partial charge >= 0.3 is 6.03 Å². The number of hydrogen-bond donors (Lipinski definition) is 1. The van der Waals surface area contributed by atoms with E-state index in [0.717, 1.165) is 16.8 Å². The minimum absolute atomic E-state index is 0.0841. The van der Waals surface area contributed by atoms with Crippen LogP contribution in [0, 0.1) is 13.8 Å².